The van der Waals surface area contributed by atoms with Crippen molar-refractivity contribution in [1.82, 2.24) is 0 Å². The van der Waals surface area contributed by atoms with Crippen molar-refractivity contribution in [2.75, 3.05) is 0 Å². The van der Waals surface area contributed by atoms with Crippen molar-refractivity contribution >= 4 is 15.6 Å². The van der Waals surface area contributed by atoms with Gasteiger partial charge in [0.25, 0.3) is 0 Å². The molecule has 0 bridgehead atoms. The van der Waals surface area contributed by atoms with E-state index >= 15 is 0 Å². The largest absolute Gasteiger partial charge is 1.00 e. The molecular formula is H5K3O9P2. The third-order valence-corrected chi connectivity index (χ3v) is 0. The summed E-state index contributed by atoms with van der Waals surface area (Å²) < 4.78 is 17.4. The van der Waals surface area contributed by atoms with E-state index in [1.165, 1.54) is 0 Å². The van der Waals surface area contributed by atoms with Crippen molar-refractivity contribution in [3.05, 3.63) is 0 Å². The summed E-state index contributed by atoms with van der Waals surface area (Å²) in [5.74, 6) is 0. The molecule has 14 heavy (non-hydrogen) atoms. The summed E-state index contributed by atoms with van der Waals surface area (Å²) in [5.41, 5.74) is 0. The molecule has 0 amide bonds. The molecule has 0 rings (SSSR count). The maximum Gasteiger partial charge on any atom is 1.00 e. The molecule has 0 radical (unpaired) electrons. The van der Waals surface area contributed by atoms with E-state index in [4.69, 9.17) is 38.5 Å². The van der Waals surface area contributed by atoms with Crippen LogP contribution in [0.25, 0.3) is 0 Å². The normalized spacial score (nSPS) is 8.43. The van der Waals surface area contributed by atoms with Crippen LogP contribution in [0.4, 0.5) is 0 Å². The van der Waals surface area contributed by atoms with E-state index in [1.54, 1.807) is 0 Å². The maximum absolute atomic E-state index is 8.88. The number of hydrogen-bond donors (Lipinski definition) is 3. The Morgan fingerprint density at radius 3 is 0.786 bits per heavy atom. The van der Waals surface area contributed by atoms with E-state index in [1.807, 2.05) is 0 Å². The summed E-state index contributed by atoms with van der Waals surface area (Å²) in [7, 11) is -10.0. The van der Waals surface area contributed by atoms with Gasteiger partial charge in [0.1, 0.15) is 0 Å². The molecule has 0 aromatic heterocycles. The van der Waals surface area contributed by atoms with Crippen molar-refractivity contribution in [3.8, 4) is 0 Å². The molecule has 0 aromatic rings. The molecule has 0 aliphatic rings. The Bertz CT molecular complexity index is 130. The Morgan fingerprint density at radius 1 is 0.786 bits per heavy atom. The summed E-state index contributed by atoms with van der Waals surface area (Å²) >= 11 is 0. The summed E-state index contributed by atoms with van der Waals surface area (Å²) in [4.78, 5) is 47.2. The number of rotatable bonds is 0. The molecular weight excluding hydrogens is 323 g/mol. The second-order valence-electron chi connectivity index (χ2n) is 0.960. The Balaban J connectivity index is -0.0000000178. The summed E-state index contributed by atoms with van der Waals surface area (Å²) in [6.45, 7) is 0. The minimum absolute atomic E-state index is 0. The van der Waals surface area contributed by atoms with Crippen LogP contribution >= 0.6 is 15.6 Å². The predicted molar refractivity (Wildman–Crippen MR) is 25.5 cm³/mol. The average Bonchev–Trinajstić information content (AvgIpc) is 1.12. The van der Waals surface area contributed by atoms with Crippen molar-refractivity contribution in [1.29, 1.82) is 0 Å². The zero-order chi connectivity index (χ0) is 9.00. The SMILES string of the molecule is O.O=P(O)(O)O.O=P([O-])([O-])[O-].[K+].[K+].[K+]. The van der Waals surface area contributed by atoms with Gasteiger partial charge in [0, 0.05) is 0 Å². The first kappa shape index (κ1) is 36.5. The van der Waals surface area contributed by atoms with Crippen LogP contribution in [0, 0.1) is 0 Å². The molecule has 0 spiro atoms. The summed E-state index contributed by atoms with van der Waals surface area (Å²) in [6, 6.07) is 0. The first-order chi connectivity index (χ1) is 4.00. The van der Waals surface area contributed by atoms with Crippen LogP contribution < -0.4 is 169 Å². The fraction of sp³-hybridized carbons (Fsp3) is 0. The molecule has 0 aliphatic carbocycles. The molecule has 0 unspecified atom stereocenters. The van der Waals surface area contributed by atoms with Gasteiger partial charge in [0.2, 0.25) is 0 Å². The molecule has 14 heteroatoms. The minimum atomic E-state index is -5.39. The van der Waals surface area contributed by atoms with E-state index in [0.29, 0.717) is 0 Å². The van der Waals surface area contributed by atoms with E-state index < -0.39 is 15.6 Å². The Kier molecular flexibility index (Phi) is 47.1. The van der Waals surface area contributed by atoms with Gasteiger partial charge in [-0.15, -0.1) is 0 Å². The molecule has 0 fully saturated rings. The Labute approximate surface area is 207 Å². The first-order valence-corrected chi connectivity index (χ1v) is 4.54. The molecule has 0 saturated heterocycles. The fourth-order valence-electron chi connectivity index (χ4n) is 0. The molecule has 0 aliphatic heterocycles. The van der Waals surface area contributed by atoms with Gasteiger partial charge in [-0.05, 0) is 0 Å². The standard InChI is InChI=1S/3K.2H3O4P.H2O/c;;;2*1-5(2,3)4;/h;;;2*(H3,1,2,3,4);1H2/q3*+1;;;/p-3. The second kappa shape index (κ2) is 18.1. The van der Waals surface area contributed by atoms with Gasteiger partial charge >= 0.3 is 162 Å². The van der Waals surface area contributed by atoms with Crippen molar-refractivity contribution in [2.45, 2.75) is 0 Å². The van der Waals surface area contributed by atoms with Crippen molar-refractivity contribution in [2.24, 2.45) is 0 Å². The van der Waals surface area contributed by atoms with Gasteiger partial charge in [0.05, 0.1) is 0 Å². The van der Waals surface area contributed by atoms with E-state index in [2.05, 4.69) is 0 Å². The molecule has 0 atom stereocenters. The zero-order valence-electron chi connectivity index (χ0n) is 7.78. The van der Waals surface area contributed by atoms with Crippen LogP contribution in [-0.2, 0) is 9.13 Å². The van der Waals surface area contributed by atoms with Gasteiger partial charge in [-0.1, -0.05) is 0 Å². The number of phosphoric acid groups is 2. The van der Waals surface area contributed by atoms with Gasteiger partial charge in [-0.2, -0.15) is 7.82 Å². The molecule has 5 N–H and O–H groups in total. The molecule has 9 nitrogen and oxygen atoms in total. The molecule has 0 aromatic carbocycles. The first-order valence-electron chi connectivity index (χ1n) is 1.51. The van der Waals surface area contributed by atoms with Crippen molar-refractivity contribution in [3.63, 3.8) is 0 Å². The van der Waals surface area contributed by atoms with E-state index in [0.717, 1.165) is 0 Å². The Morgan fingerprint density at radius 2 is 0.786 bits per heavy atom. The average molecular weight is 328 g/mol. The third-order valence-electron chi connectivity index (χ3n) is 0. The summed E-state index contributed by atoms with van der Waals surface area (Å²) in [6.07, 6.45) is 0. The van der Waals surface area contributed by atoms with Crippen LogP contribution in [0.5, 0.6) is 0 Å². The predicted octanol–water partition coefficient (Wildman–Crippen LogP) is -13.6. The van der Waals surface area contributed by atoms with Crippen LogP contribution in [0.2, 0.25) is 0 Å². The smallest absolute Gasteiger partial charge is 0.822 e. The van der Waals surface area contributed by atoms with Crippen LogP contribution in [-0.4, -0.2) is 20.2 Å². The molecule has 0 saturated carbocycles. The fourth-order valence-corrected chi connectivity index (χ4v) is 0. The van der Waals surface area contributed by atoms with Crippen molar-refractivity contribution < 1.29 is 198 Å². The van der Waals surface area contributed by atoms with Crippen LogP contribution in [0.3, 0.4) is 0 Å². The zero-order valence-corrected chi connectivity index (χ0v) is 18.9. The monoisotopic (exact) mass is 328 g/mol. The quantitative estimate of drug-likeness (QED) is 0.288. The summed E-state index contributed by atoms with van der Waals surface area (Å²) in [5, 5.41) is 0. The minimum Gasteiger partial charge on any atom is -0.822 e. The molecule has 0 heterocycles. The topological polar surface area (TPSA) is 196 Å². The van der Waals surface area contributed by atoms with Crippen LogP contribution in [0.1, 0.15) is 0 Å². The maximum atomic E-state index is 8.88. The third kappa shape index (κ3) is 171. The van der Waals surface area contributed by atoms with Gasteiger partial charge in [-0.25, -0.2) is 4.57 Å². The van der Waals surface area contributed by atoms with Crippen LogP contribution in [0.15, 0.2) is 0 Å². The van der Waals surface area contributed by atoms with Gasteiger partial charge < -0.3 is 39.4 Å². The van der Waals surface area contributed by atoms with Gasteiger partial charge in [-0.3, -0.25) is 0 Å². The van der Waals surface area contributed by atoms with E-state index in [9.17, 15) is 0 Å². The van der Waals surface area contributed by atoms with Gasteiger partial charge in [0.15, 0.2) is 0 Å². The molecule has 72 valence electrons. The second-order valence-corrected chi connectivity index (χ2v) is 2.88. The Hall–Kier alpha value is 5.09. The van der Waals surface area contributed by atoms with E-state index in [-0.39, 0.29) is 160 Å². The number of hydrogen-bond acceptors (Lipinski definition) is 5.